The van der Waals surface area contributed by atoms with E-state index in [0.717, 1.165) is 19.4 Å². The third-order valence-electron chi connectivity index (χ3n) is 1.55. The van der Waals surface area contributed by atoms with Gasteiger partial charge in [-0.1, -0.05) is 0 Å². The van der Waals surface area contributed by atoms with Gasteiger partial charge >= 0.3 is 0 Å². The average Bonchev–Trinajstić information content (AvgIpc) is 1.89. The molecule has 1 heterocycles. The average molecular weight is 131 g/mol. The van der Waals surface area contributed by atoms with Crippen LogP contribution in [0.25, 0.3) is 0 Å². The molecule has 1 saturated heterocycles. The van der Waals surface area contributed by atoms with Gasteiger partial charge in [-0.2, -0.15) is 0 Å². The fourth-order valence-electron chi connectivity index (χ4n) is 1.02. The lowest BCUT2D eigenvalue weighted by atomic mass is 10.1. The Morgan fingerprint density at radius 2 is 2.44 bits per heavy atom. The van der Waals surface area contributed by atoms with Crippen LogP contribution in [0.15, 0.2) is 0 Å². The summed E-state index contributed by atoms with van der Waals surface area (Å²) < 4.78 is 10.1. The molecule has 2 N–H and O–H groups in total. The molecule has 0 aromatic carbocycles. The van der Waals surface area contributed by atoms with Gasteiger partial charge in [0, 0.05) is 13.7 Å². The second-order valence-corrected chi connectivity index (χ2v) is 2.28. The quantitative estimate of drug-likeness (QED) is 0.548. The molecule has 1 aliphatic rings. The van der Waals surface area contributed by atoms with Crippen molar-refractivity contribution >= 4 is 0 Å². The van der Waals surface area contributed by atoms with Crippen LogP contribution >= 0.6 is 0 Å². The Balaban J connectivity index is 2.30. The summed E-state index contributed by atoms with van der Waals surface area (Å²) in [5.74, 6) is 0. The van der Waals surface area contributed by atoms with Crippen LogP contribution in [0, 0.1) is 0 Å². The Bertz CT molecular complexity index is 87.1. The molecule has 0 unspecified atom stereocenters. The number of rotatable bonds is 1. The molecular formula is C6H13NO2. The van der Waals surface area contributed by atoms with Crippen molar-refractivity contribution in [1.82, 2.24) is 0 Å². The number of hydrogen-bond acceptors (Lipinski definition) is 3. The molecule has 1 rings (SSSR count). The summed E-state index contributed by atoms with van der Waals surface area (Å²) in [5, 5.41) is 0. The second kappa shape index (κ2) is 3.15. The van der Waals surface area contributed by atoms with Gasteiger partial charge in [0.05, 0.1) is 6.04 Å². The van der Waals surface area contributed by atoms with Crippen LogP contribution in [-0.2, 0) is 9.47 Å². The lowest BCUT2D eigenvalue weighted by Crippen LogP contribution is -2.41. The number of ether oxygens (including phenoxy) is 2. The maximum Gasteiger partial charge on any atom is 0.172 e. The molecule has 1 aliphatic heterocycles. The summed E-state index contributed by atoms with van der Waals surface area (Å²) in [5.41, 5.74) is 5.64. The van der Waals surface area contributed by atoms with Crippen LogP contribution in [0.2, 0.25) is 0 Å². The molecule has 0 spiro atoms. The van der Waals surface area contributed by atoms with Crippen LogP contribution in [-0.4, -0.2) is 26.0 Å². The summed E-state index contributed by atoms with van der Waals surface area (Å²) in [6, 6.07) is 0.0729. The van der Waals surface area contributed by atoms with Crippen molar-refractivity contribution in [3.05, 3.63) is 0 Å². The normalized spacial score (nSPS) is 36.7. The van der Waals surface area contributed by atoms with Crippen LogP contribution in [0.5, 0.6) is 0 Å². The lowest BCUT2D eigenvalue weighted by molar-refractivity contribution is -0.155. The SMILES string of the molecule is CO[C@H]1OCCC[C@H]1N. The predicted octanol–water partition coefficient (Wildman–Crippen LogP) is 0.0966. The molecule has 0 aromatic heterocycles. The zero-order valence-corrected chi connectivity index (χ0v) is 5.67. The van der Waals surface area contributed by atoms with Gasteiger partial charge in [0.15, 0.2) is 6.29 Å². The lowest BCUT2D eigenvalue weighted by Gasteiger charge is -2.27. The topological polar surface area (TPSA) is 44.5 Å². The fraction of sp³-hybridized carbons (Fsp3) is 1.00. The molecule has 0 aliphatic carbocycles. The molecule has 2 atom stereocenters. The van der Waals surface area contributed by atoms with Crippen molar-refractivity contribution in [1.29, 1.82) is 0 Å². The summed E-state index contributed by atoms with van der Waals surface area (Å²) in [6.45, 7) is 0.784. The minimum atomic E-state index is -0.168. The van der Waals surface area contributed by atoms with Crippen molar-refractivity contribution in [2.24, 2.45) is 5.73 Å². The summed E-state index contributed by atoms with van der Waals surface area (Å²) in [4.78, 5) is 0. The van der Waals surface area contributed by atoms with E-state index < -0.39 is 0 Å². The second-order valence-electron chi connectivity index (χ2n) is 2.28. The van der Waals surface area contributed by atoms with Gasteiger partial charge in [-0.25, -0.2) is 0 Å². The fourth-order valence-corrected chi connectivity index (χ4v) is 1.02. The van der Waals surface area contributed by atoms with Gasteiger partial charge in [-0.05, 0) is 12.8 Å². The summed E-state index contributed by atoms with van der Waals surface area (Å²) >= 11 is 0. The molecule has 3 nitrogen and oxygen atoms in total. The standard InChI is InChI=1S/C6H13NO2/c1-8-6-5(7)3-2-4-9-6/h5-6H,2-4,7H2,1H3/t5-,6+/m1/s1. The first-order valence-electron chi connectivity index (χ1n) is 3.24. The zero-order chi connectivity index (χ0) is 6.69. The third-order valence-corrected chi connectivity index (χ3v) is 1.55. The van der Waals surface area contributed by atoms with Crippen LogP contribution in [0.4, 0.5) is 0 Å². The Morgan fingerprint density at radius 1 is 1.67 bits per heavy atom. The highest BCUT2D eigenvalue weighted by Crippen LogP contribution is 2.11. The Morgan fingerprint density at radius 3 is 2.89 bits per heavy atom. The molecule has 1 fully saturated rings. The van der Waals surface area contributed by atoms with Gasteiger partial charge in [-0.15, -0.1) is 0 Å². The van der Waals surface area contributed by atoms with Gasteiger partial charge in [0.1, 0.15) is 0 Å². The highest BCUT2D eigenvalue weighted by molar-refractivity contribution is 4.69. The van der Waals surface area contributed by atoms with Gasteiger partial charge < -0.3 is 15.2 Å². The predicted molar refractivity (Wildman–Crippen MR) is 34.0 cm³/mol. The highest BCUT2D eigenvalue weighted by atomic mass is 16.7. The molecule has 3 heteroatoms. The van der Waals surface area contributed by atoms with Crippen molar-refractivity contribution in [2.75, 3.05) is 13.7 Å². The number of nitrogens with two attached hydrogens (primary N) is 1. The van der Waals surface area contributed by atoms with E-state index in [-0.39, 0.29) is 12.3 Å². The Labute approximate surface area is 55.1 Å². The van der Waals surface area contributed by atoms with Crippen LogP contribution in [0.3, 0.4) is 0 Å². The number of methoxy groups -OCH3 is 1. The first kappa shape index (κ1) is 6.99. The van der Waals surface area contributed by atoms with Crippen molar-refractivity contribution in [3.8, 4) is 0 Å². The maximum absolute atomic E-state index is 5.64. The van der Waals surface area contributed by atoms with Crippen molar-refractivity contribution in [2.45, 2.75) is 25.2 Å². The Kier molecular flexibility index (Phi) is 2.45. The molecule has 0 saturated carbocycles. The molecule has 0 amide bonds. The minimum absolute atomic E-state index is 0.0729. The minimum Gasteiger partial charge on any atom is -0.354 e. The van der Waals surface area contributed by atoms with E-state index in [2.05, 4.69) is 0 Å². The van der Waals surface area contributed by atoms with E-state index in [1.165, 1.54) is 0 Å². The molecule has 0 aromatic rings. The van der Waals surface area contributed by atoms with E-state index >= 15 is 0 Å². The molecule has 0 bridgehead atoms. The number of hydrogen-bond donors (Lipinski definition) is 1. The maximum atomic E-state index is 5.64. The summed E-state index contributed by atoms with van der Waals surface area (Å²) in [7, 11) is 1.62. The van der Waals surface area contributed by atoms with Crippen LogP contribution in [0.1, 0.15) is 12.8 Å². The van der Waals surface area contributed by atoms with Gasteiger partial charge in [0.2, 0.25) is 0 Å². The van der Waals surface area contributed by atoms with E-state index in [4.69, 9.17) is 15.2 Å². The van der Waals surface area contributed by atoms with E-state index in [1.54, 1.807) is 7.11 Å². The summed E-state index contributed by atoms with van der Waals surface area (Å²) in [6.07, 6.45) is 1.90. The zero-order valence-electron chi connectivity index (χ0n) is 5.67. The molecule has 0 radical (unpaired) electrons. The van der Waals surface area contributed by atoms with Crippen molar-refractivity contribution < 1.29 is 9.47 Å². The smallest absolute Gasteiger partial charge is 0.172 e. The first-order valence-corrected chi connectivity index (χ1v) is 3.24. The van der Waals surface area contributed by atoms with Crippen molar-refractivity contribution in [3.63, 3.8) is 0 Å². The van der Waals surface area contributed by atoms with Gasteiger partial charge in [-0.3, -0.25) is 0 Å². The van der Waals surface area contributed by atoms with E-state index in [1.807, 2.05) is 0 Å². The first-order chi connectivity index (χ1) is 4.34. The highest BCUT2D eigenvalue weighted by Gasteiger charge is 2.21. The molecular weight excluding hydrogens is 118 g/mol. The van der Waals surface area contributed by atoms with E-state index in [0.29, 0.717) is 0 Å². The van der Waals surface area contributed by atoms with Crippen LogP contribution < -0.4 is 5.73 Å². The molecule has 9 heavy (non-hydrogen) atoms. The largest absolute Gasteiger partial charge is 0.354 e. The third kappa shape index (κ3) is 1.64. The van der Waals surface area contributed by atoms with Gasteiger partial charge in [0.25, 0.3) is 0 Å². The Hall–Kier alpha value is -0.120. The monoisotopic (exact) mass is 131 g/mol. The molecule has 54 valence electrons. The van der Waals surface area contributed by atoms with E-state index in [9.17, 15) is 0 Å².